The van der Waals surface area contributed by atoms with Gasteiger partial charge in [0, 0.05) is 0 Å². The molecule has 1 amide bonds. The number of carbonyl (C=O) groups excluding carboxylic acids is 1. The average Bonchev–Trinajstić information content (AvgIpc) is 2.64. The molecule has 0 aromatic heterocycles. The van der Waals surface area contributed by atoms with Gasteiger partial charge in [0.1, 0.15) is 0 Å². The summed E-state index contributed by atoms with van der Waals surface area (Å²) in [4.78, 5) is 12.1. The monoisotopic (exact) mass is 337 g/mol. The zero-order chi connectivity index (χ0) is 18.1. The van der Waals surface area contributed by atoms with Crippen LogP contribution in [0, 0.1) is 11.3 Å². The van der Waals surface area contributed by atoms with Crippen molar-refractivity contribution in [2.45, 2.75) is 12.8 Å². The van der Waals surface area contributed by atoms with E-state index in [1.54, 1.807) is 49.6 Å². The van der Waals surface area contributed by atoms with E-state index in [1.165, 1.54) is 6.21 Å². The van der Waals surface area contributed by atoms with Crippen LogP contribution in [-0.4, -0.2) is 25.8 Å². The van der Waals surface area contributed by atoms with Gasteiger partial charge in [-0.3, -0.25) is 4.79 Å². The lowest BCUT2D eigenvalue weighted by Gasteiger charge is -2.09. The third-order valence-electron chi connectivity index (χ3n) is 3.40. The zero-order valence-corrected chi connectivity index (χ0v) is 14.1. The van der Waals surface area contributed by atoms with Gasteiger partial charge < -0.3 is 9.47 Å². The maximum Gasteiger partial charge on any atom is 0.261 e. The highest BCUT2D eigenvalue weighted by molar-refractivity contribution is 5.88. The first-order valence-corrected chi connectivity index (χ1v) is 7.78. The molecule has 0 aliphatic carbocycles. The zero-order valence-electron chi connectivity index (χ0n) is 14.1. The number of nitrogens with zero attached hydrogens (tertiary/aromatic N) is 2. The van der Waals surface area contributed by atoms with Crippen molar-refractivity contribution in [3.63, 3.8) is 0 Å². The molecule has 0 saturated heterocycles. The van der Waals surface area contributed by atoms with Crippen molar-refractivity contribution in [1.29, 1.82) is 5.26 Å². The van der Waals surface area contributed by atoms with Crippen LogP contribution in [0.25, 0.3) is 0 Å². The summed E-state index contributed by atoms with van der Waals surface area (Å²) in [5.74, 6) is -0.173. The van der Waals surface area contributed by atoms with Gasteiger partial charge in [0.05, 0.1) is 26.0 Å². The minimum absolute atomic E-state index is 0.483. The number of carbonyl (C=O) groups is 1. The minimum atomic E-state index is -0.909. The Balaban J connectivity index is 2.06. The Morgan fingerprint density at radius 1 is 1.28 bits per heavy atom. The first-order chi connectivity index (χ1) is 12.2. The van der Waals surface area contributed by atoms with Gasteiger partial charge in [-0.1, -0.05) is 30.3 Å². The van der Waals surface area contributed by atoms with Crippen LogP contribution in [0.3, 0.4) is 0 Å². The summed E-state index contributed by atoms with van der Waals surface area (Å²) in [5, 5.41) is 13.1. The molecule has 0 aliphatic heterocycles. The fraction of sp³-hybridized carbons (Fsp3) is 0.211. The topological polar surface area (TPSA) is 83.7 Å². The number of amides is 1. The van der Waals surface area contributed by atoms with E-state index in [-0.39, 0.29) is 0 Å². The molecule has 25 heavy (non-hydrogen) atoms. The van der Waals surface area contributed by atoms with Crippen LogP contribution in [0.5, 0.6) is 11.5 Å². The van der Waals surface area contributed by atoms with Gasteiger partial charge in [-0.2, -0.15) is 10.4 Å². The molecular formula is C19H19N3O3. The Bertz CT molecular complexity index is 782. The number of hydrogen-bond acceptors (Lipinski definition) is 5. The van der Waals surface area contributed by atoms with E-state index in [0.717, 1.165) is 5.56 Å². The molecule has 0 aliphatic rings. The molecule has 128 valence electrons. The van der Waals surface area contributed by atoms with Gasteiger partial charge in [-0.25, -0.2) is 5.43 Å². The molecule has 2 aromatic carbocycles. The van der Waals surface area contributed by atoms with Crippen molar-refractivity contribution in [1.82, 2.24) is 5.43 Å². The van der Waals surface area contributed by atoms with E-state index in [4.69, 9.17) is 9.47 Å². The van der Waals surface area contributed by atoms with Gasteiger partial charge in [0.25, 0.3) is 5.91 Å². The van der Waals surface area contributed by atoms with Crippen LogP contribution in [0.1, 0.15) is 24.0 Å². The van der Waals surface area contributed by atoms with Crippen LogP contribution in [0.4, 0.5) is 0 Å². The molecule has 2 aromatic rings. The van der Waals surface area contributed by atoms with Crippen LogP contribution < -0.4 is 14.9 Å². The normalized spacial score (nSPS) is 11.6. The maximum atomic E-state index is 12.1. The summed E-state index contributed by atoms with van der Waals surface area (Å²) in [6.45, 7) is 2.39. The van der Waals surface area contributed by atoms with Gasteiger partial charge in [-0.05, 0) is 36.2 Å². The molecule has 6 nitrogen and oxygen atoms in total. The third kappa shape index (κ3) is 4.82. The number of hydrazone groups is 1. The molecule has 2 rings (SSSR count). The van der Waals surface area contributed by atoms with Crippen molar-refractivity contribution in [2.24, 2.45) is 5.10 Å². The van der Waals surface area contributed by atoms with E-state index in [1.807, 2.05) is 19.1 Å². The summed E-state index contributed by atoms with van der Waals surface area (Å²) in [6.07, 6.45) is 1.49. The van der Waals surface area contributed by atoms with Crippen molar-refractivity contribution < 1.29 is 14.3 Å². The van der Waals surface area contributed by atoms with Gasteiger partial charge in [0.2, 0.25) is 0 Å². The number of benzene rings is 2. The second kappa shape index (κ2) is 9.08. The Morgan fingerprint density at radius 2 is 2.04 bits per heavy atom. The lowest BCUT2D eigenvalue weighted by atomic mass is 10.0. The van der Waals surface area contributed by atoms with Crippen molar-refractivity contribution in [2.75, 3.05) is 13.7 Å². The Morgan fingerprint density at radius 3 is 2.68 bits per heavy atom. The smallest absolute Gasteiger partial charge is 0.261 e. The molecule has 0 saturated carbocycles. The van der Waals surface area contributed by atoms with E-state index in [2.05, 4.69) is 10.5 Å². The van der Waals surface area contributed by atoms with E-state index < -0.39 is 11.8 Å². The van der Waals surface area contributed by atoms with E-state index in [0.29, 0.717) is 23.7 Å². The third-order valence-corrected chi connectivity index (χ3v) is 3.40. The van der Waals surface area contributed by atoms with Crippen molar-refractivity contribution in [3.05, 3.63) is 59.7 Å². The number of ether oxygens (including phenoxy) is 2. The van der Waals surface area contributed by atoms with E-state index >= 15 is 0 Å². The first-order valence-electron chi connectivity index (χ1n) is 7.78. The molecule has 1 N–H and O–H groups in total. The number of nitriles is 1. The second-order valence-electron chi connectivity index (χ2n) is 5.05. The van der Waals surface area contributed by atoms with Crippen molar-refractivity contribution >= 4 is 12.1 Å². The quantitative estimate of drug-likeness (QED) is 0.622. The summed E-state index contributed by atoms with van der Waals surface area (Å²) in [7, 11) is 1.57. The Kier molecular flexibility index (Phi) is 6.55. The number of methoxy groups -OCH3 is 1. The largest absolute Gasteiger partial charge is 0.493 e. The Hall–Kier alpha value is -3.33. The van der Waals surface area contributed by atoms with Gasteiger partial charge in [-0.15, -0.1) is 0 Å². The molecule has 0 radical (unpaired) electrons. The number of rotatable bonds is 7. The first kappa shape index (κ1) is 18.0. The molecule has 0 spiro atoms. The van der Waals surface area contributed by atoms with Crippen LogP contribution in [-0.2, 0) is 4.79 Å². The molecule has 0 unspecified atom stereocenters. The van der Waals surface area contributed by atoms with Crippen LogP contribution in [0.2, 0.25) is 0 Å². The summed E-state index contributed by atoms with van der Waals surface area (Å²) in [6, 6.07) is 16.1. The van der Waals surface area contributed by atoms with Gasteiger partial charge in [0.15, 0.2) is 17.4 Å². The van der Waals surface area contributed by atoms with Crippen LogP contribution in [0.15, 0.2) is 53.6 Å². The highest BCUT2D eigenvalue weighted by atomic mass is 16.5. The summed E-state index contributed by atoms with van der Waals surface area (Å²) in [5.41, 5.74) is 3.76. The number of nitrogens with one attached hydrogen (secondary N) is 1. The molecule has 0 heterocycles. The van der Waals surface area contributed by atoms with Crippen molar-refractivity contribution in [3.8, 4) is 17.6 Å². The predicted molar refractivity (Wildman–Crippen MR) is 94.7 cm³/mol. The lowest BCUT2D eigenvalue weighted by Crippen LogP contribution is -2.24. The second-order valence-corrected chi connectivity index (χ2v) is 5.05. The highest BCUT2D eigenvalue weighted by Crippen LogP contribution is 2.27. The van der Waals surface area contributed by atoms with Crippen LogP contribution >= 0.6 is 0 Å². The Labute approximate surface area is 146 Å². The molecular weight excluding hydrogens is 318 g/mol. The fourth-order valence-corrected chi connectivity index (χ4v) is 2.21. The molecule has 0 fully saturated rings. The average molecular weight is 337 g/mol. The van der Waals surface area contributed by atoms with Gasteiger partial charge >= 0.3 is 0 Å². The molecule has 0 bridgehead atoms. The SMILES string of the molecule is CCOc1cc(/C=N\NC(=O)[C@H](C#N)c2ccccc2)ccc1OC. The minimum Gasteiger partial charge on any atom is -0.493 e. The highest BCUT2D eigenvalue weighted by Gasteiger charge is 2.19. The summed E-state index contributed by atoms with van der Waals surface area (Å²) < 4.78 is 10.7. The van der Waals surface area contributed by atoms with E-state index in [9.17, 15) is 10.1 Å². The lowest BCUT2D eigenvalue weighted by molar-refractivity contribution is -0.121. The molecule has 1 atom stereocenters. The standard InChI is InChI=1S/C19H19N3O3/c1-3-25-18-11-14(9-10-17(18)24-2)13-21-22-19(23)16(12-20)15-7-5-4-6-8-15/h4-11,13,16H,3H2,1-2H3,(H,22,23)/b21-13-/t16-/m1/s1. The number of hydrogen-bond donors (Lipinski definition) is 1. The molecule has 6 heteroatoms. The predicted octanol–water partition coefficient (Wildman–Crippen LogP) is 2.85. The summed E-state index contributed by atoms with van der Waals surface area (Å²) >= 11 is 0. The maximum absolute atomic E-state index is 12.1. The fourth-order valence-electron chi connectivity index (χ4n) is 2.21.